The molecule has 1 N–H and O–H groups in total. The molecule has 1 aromatic rings. The van der Waals surface area contributed by atoms with Gasteiger partial charge < -0.3 is 10.0 Å². The Hall–Kier alpha value is -1.62. The number of hydrogen-bond donors (Lipinski definition) is 1. The van der Waals surface area contributed by atoms with Crippen LogP contribution in [0.3, 0.4) is 0 Å². The van der Waals surface area contributed by atoms with E-state index in [1.807, 2.05) is 31.7 Å². The molecular weight excluding hydrogens is 242 g/mol. The molecular formula is C14H21N3O2. The zero-order valence-electron chi connectivity index (χ0n) is 11.8. The van der Waals surface area contributed by atoms with Crippen LogP contribution in [0.25, 0.3) is 6.08 Å². The Labute approximate surface area is 113 Å². The molecule has 0 radical (unpaired) electrons. The van der Waals surface area contributed by atoms with E-state index in [9.17, 15) is 9.90 Å². The number of aliphatic hydroxyl groups excluding tert-OH is 1. The maximum Gasteiger partial charge on any atom is 0.246 e. The average molecular weight is 263 g/mol. The number of carbonyl (C=O) groups excluding carboxylic acids is 1. The van der Waals surface area contributed by atoms with E-state index >= 15 is 0 Å². The smallest absolute Gasteiger partial charge is 0.246 e. The van der Waals surface area contributed by atoms with Crippen LogP contribution in [-0.2, 0) is 11.8 Å². The van der Waals surface area contributed by atoms with Crippen molar-refractivity contribution in [2.24, 2.45) is 7.05 Å². The zero-order chi connectivity index (χ0) is 14.0. The Morgan fingerprint density at radius 2 is 2.26 bits per heavy atom. The van der Waals surface area contributed by atoms with Gasteiger partial charge in [0, 0.05) is 30.9 Å². The van der Waals surface area contributed by atoms with Gasteiger partial charge in [0.1, 0.15) is 0 Å². The van der Waals surface area contributed by atoms with Crippen molar-refractivity contribution in [2.75, 3.05) is 13.2 Å². The summed E-state index contributed by atoms with van der Waals surface area (Å²) < 4.78 is 1.81. The number of aromatic nitrogens is 2. The second-order valence-electron chi connectivity index (χ2n) is 5.05. The Bertz CT molecular complexity index is 505. The summed E-state index contributed by atoms with van der Waals surface area (Å²) >= 11 is 0. The molecule has 0 aliphatic carbocycles. The maximum absolute atomic E-state index is 12.1. The fourth-order valence-electron chi connectivity index (χ4n) is 2.60. The highest BCUT2D eigenvalue weighted by Gasteiger charge is 2.26. The molecule has 0 saturated carbocycles. The van der Waals surface area contributed by atoms with Gasteiger partial charge in [-0.15, -0.1) is 0 Å². The van der Waals surface area contributed by atoms with Gasteiger partial charge in [-0.05, 0) is 32.8 Å². The molecule has 5 nitrogen and oxygen atoms in total. The Balaban J connectivity index is 2.12. The fraction of sp³-hybridized carbons (Fsp3) is 0.571. The minimum atomic E-state index is -0.0285. The molecule has 1 aromatic heterocycles. The molecule has 2 rings (SSSR count). The monoisotopic (exact) mass is 263 g/mol. The van der Waals surface area contributed by atoms with Crippen molar-refractivity contribution in [3.63, 3.8) is 0 Å². The van der Waals surface area contributed by atoms with Crippen LogP contribution in [0, 0.1) is 13.8 Å². The first-order chi connectivity index (χ1) is 9.04. The van der Waals surface area contributed by atoms with E-state index in [2.05, 4.69) is 5.10 Å². The number of likely N-dealkylation sites (tertiary alicyclic amines) is 1. The summed E-state index contributed by atoms with van der Waals surface area (Å²) in [6.07, 6.45) is 5.27. The highest BCUT2D eigenvalue weighted by molar-refractivity contribution is 5.92. The highest BCUT2D eigenvalue weighted by Crippen LogP contribution is 2.18. The van der Waals surface area contributed by atoms with Crippen LogP contribution in [-0.4, -0.2) is 44.9 Å². The van der Waals surface area contributed by atoms with Crippen molar-refractivity contribution >= 4 is 12.0 Å². The van der Waals surface area contributed by atoms with E-state index in [0.29, 0.717) is 0 Å². The van der Waals surface area contributed by atoms with E-state index in [4.69, 9.17) is 0 Å². The van der Waals surface area contributed by atoms with Crippen LogP contribution in [0.1, 0.15) is 29.8 Å². The summed E-state index contributed by atoms with van der Waals surface area (Å²) in [5, 5.41) is 13.5. The number of nitrogens with zero attached hydrogens (tertiary/aromatic N) is 3. The van der Waals surface area contributed by atoms with Crippen molar-refractivity contribution in [3.8, 4) is 0 Å². The van der Waals surface area contributed by atoms with Gasteiger partial charge in [0.25, 0.3) is 0 Å². The van der Waals surface area contributed by atoms with E-state index in [1.54, 1.807) is 11.0 Å². The molecule has 1 amide bonds. The molecule has 0 unspecified atom stereocenters. The van der Waals surface area contributed by atoms with Crippen molar-refractivity contribution in [2.45, 2.75) is 32.7 Å². The molecule has 1 aliphatic rings. The molecule has 1 fully saturated rings. The Morgan fingerprint density at radius 1 is 1.53 bits per heavy atom. The first-order valence-corrected chi connectivity index (χ1v) is 6.64. The second kappa shape index (κ2) is 5.57. The van der Waals surface area contributed by atoms with Crippen molar-refractivity contribution in [3.05, 3.63) is 23.0 Å². The number of aryl methyl sites for hydroxylation is 2. The minimum Gasteiger partial charge on any atom is -0.394 e. The fourth-order valence-corrected chi connectivity index (χ4v) is 2.60. The van der Waals surface area contributed by atoms with Gasteiger partial charge in [0.15, 0.2) is 0 Å². The SMILES string of the molecule is Cc1nn(C)c(C)c1C=CC(=O)N1CCC[C@H]1CO. The third-order valence-electron chi connectivity index (χ3n) is 3.83. The van der Waals surface area contributed by atoms with E-state index in [0.717, 1.165) is 36.3 Å². The molecule has 19 heavy (non-hydrogen) atoms. The number of aliphatic hydroxyl groups is 1. The third-order valence-corrected chi connectivity index (χ3v) is 3.83. The van der Waals surface area contributed by atoms with Crippen LogP contribution >= 0.6 is 0 Å². The van der Waals surface area contributed by atoms with E-state index in [1.165, 1.54) is 0 Å². The maximum atomic E-state index is 12.1. The summed E-state index contributed by atoms with van der Waals surface area (Å²) in [7, 11) is 1.89. The van der Waals surface area contributed by atoms with Gasteiger partial charge in [-0.3, -0.25) is 9.48 Å². The zero-order valence-corrected chi connectivity index (χ0v) is 11.8. The van der Waals surface area contributed by atoms with Gasteiger partial charge in [-0.25, -0.2) is 0 Å². The van der Waals surface area contributed by atoms with Gasteiger partial charge in [-0.1, -0.05) is 0 Å². The second-order valence-corrected chi connectivity index (χ2v) is 5.05. The van der Waals surface area contributed by atoms with Gasteiger partial charge >= 0.3 is 0 Å². The summed E-state index contributed by atoms with van der Waals surface area (Å²) in [6, 6.07) is -0.0201. The number of carbonyl (C=O) groups is 1. The average Bonchev–Trinajstić information content (AvgIpc) is 2.94. The van der Waals surface area contributed by atoms with Gasteiger partial charge in [-0.2, -0.15) is 5.10 Å². The molecule has 5 heteroatoms. The van der Waals surface area contributed by atoms with Crippen molar-refractivity contribution in [1.29, 1.82) is 0 Å². The van der Waals surface area contributed by atoms with Crippen LogP contribution in [0.5, 0.6) is 0 Å². The minimum absolute atomic E-state index is 0.0201. The van der Waals surface area contributed by atoms with Crippen molar-refractivity contribution < 1.29 is 9.90 Å². The Kier molecular flexibility index (Phi) is 4.04. The molecule has 1 saturated heterocycles. The molecule has 2 heterocycles. The van der Waals surface area contributed by atoms with Crippen LogP contribution in [0.2, 0.25) is 0 Å². The van der Waals surface area contributed by atoms with Gasteiger partial charge in [0.2, 0.25) is 5.91 Å². The largest absolute Gasteiger partial charge is 0.394 e. The normalized spacial score (nSPS) is 19.6. The van der Waals surface area contributed by atoms with Crippen LogP contribution in [0.4, 0.5) is 0 Å². The molecule has 0 bridgehead atoms. The lowest BCUT2D eigenvalue weighted by atomic mass is 10.2. The topological polar surface area (TPSA) is 58.4 Å². The summed E-state index contributed by atoms with van der Waals surface area (Å²) in [5.41, 5.74) is 2.96. The molecule has 104 valence electrons. The first kappa shape index (κ1) is 13.8. The van der Waals surface area contributed by atoms with Crippen LogP contribution in [0.15, 0.2) is 6.08 Å². The summed E-state index contributed by atoms with van der Waals surface area (Å²) in [6.45, 7) is 4.70. The Morgan fingerprint density at radius 3 is 2.84 bits per heavy atom. The lowest BCUT2D eigenvalue weighted by molar-refractivity contribution is -0.127. The van der Waals surface area contributed by atoms with E-state index in [-0.39, 0.29) is 18.6 Å². The predicted octanol–water partition coefficient (Wildman–Crippen LogP) is 1.03. The predicted molar refractivity (Wildman–Crippen MR) is 73.5 cm³/mol. The quantitative estimate of drug-likeness (QED) is 0.829. The number of amides is 1. The first-order valence-electron chi connectivity index (χ1n) is 6.64. The lowest BCUT2D eigenvalue weighted by Crippen LogP contribution is -2.36. The van der Waals surface area contributed by atoms with Gasteiger partial charge in [0.05, 0.1) is 18.3 Å². The van der Waals surface area contributed by atoms with Crippen LogP contribution < -0.4 is 0 Å². The molecule has 0 spiro atoms. The molecule has 1 aliphatic heterocycles. The third kappa shape index (κ3) is 2.71. The van der Waals surface area contributed by atoms with Crippen molar-refractivity contribution in [1.82, 2.24) is 14.7 Å². The summed E-state index contributed by atoms with van der Waals surface area (Å²) in [5.74, 6) is -0.0285. The number of rotatable bonds is 3. The summed E-state index contributed by atoms with van der Waals surface area (Å²) in [4.78, 5) is 13.9. The van der Waals surface area contributed by atoms with E-state index < -0.39 is 0 Å². The molecule has 0 aromatic carbocycles. The standard InChI is InChI=1S/C14H21N3O2/c1-10-13(11(2)16(3)15-10)6-7-14(19)17-8-4-5-12(17)9-18/h6-7,12,18H,4-5,8-9H2,1-3H3/t12-/m0/s1. The highest BCUT2D eigenvalue weighted by atomic mass is 16.3. The molecule has 1 atom stereocenters. The lowest BCUT2D eigenvalue weighted by Gasteiger charge is -2.21. The number of hydrogen-bond acceptors (Lipinski definition) is 3.